The number of furan rings is 1. The molecule has 0 aliphatic carbocycles. The van der Waals surface area contributed by atoms with Crippen LogP contribution in [0.15, 0.2) is 114 Å². The fourth-order valence-corrected chi connectivity index (χ4v) is 6.09. The highest BCUT2D eigenvalue weighted by Crippen LogP contribution is 2.45. The molecule has 0 saturated heterocycles. The minimum Gasteiger partial charge on any atom is -0.455 e. The normalized spacial score (nSPS) is 12.2. The van der Waals surface area contributed by atoms with E-state index in [2.05, 4.69) is 88.4 Å². The van der Waals surface area contributed by atoms with E-state index in [1.54, 1.807) is 0 Å². The van der Waals surface area contributed by atoms with Gasteiger partial charge in [-0.2, -0.15) is 0 Å². The van der Waals surface area contributed by atoms with E-state index in [1.807, 2.05) is 30.7 Å². The minimum absolute atomic E-state index is 0.639. The van der Waals surface area contributed by atoms with Crippen molar-refractivity contribution in [2.45, 2.75) is 0 Å². The van der Waals surface area contributed by atoms with Crippen molar-refractivity contribution in [1.29, 1.82) is 0 Å². The van der Waals surface area contributed by atoms with E-state index < -0.39 is 0 Å². The second-order valence-electron chi connectivity index (χ2n) is 9.69. The lowest BCUT2D eigenvalue weighted by Crippen LogP contribution is -2.01. The van der Waals surface area contributed by atoms with Gasteiger partial charge in [0.05, 0.1) is 21.9 Å². The Labute approximate surface area is 215 Å². The van der Waals surface area contributed by atoms with Gasteiger partial charge in [0.1, 0.15) is 11.2 Å². The molecule has 4 aromatic heterocycles. The van der Waals surface area contributed by atoms with Crippen LogP contribution in [-0.4, -0.2) is 19.5 Å². The van der Waals surface area contributed by atoms with Crippen molar-refractivity contribution in [3.8, 4) is 5.95 Å². The molecular weight excluding hydrogens is 468 g/mol. The second-order valence-corrected chi connectivity index (χ2v) is 9.69. The molecule has 0 amide bonds. The summed E-state index contributed by atoms with van der Waals surface area (Å²) < 4.78 is 8.70. The minimum atomic E-state index is 0.639. The largest absolute Gasteiger partial charge is 0.455 e. The summed E-state index contributed by atoms with van der Waals surface area (Å²) in [5.41, 5.74) is 4.72. The molecule has 4 heterocycles. The molecule has 0 saturated carbocycles. The van der Waals surface area contributed by atoms with Crippen LogP contribution in [0, 0.1) is 0 Å². The summed E-state index contributed by atoms with van der Waals surface area (Å²) >= 11 is 0. The van der Waals surface area contributed by atoms with E-state index in [-0.39, 0.29) is 0 Å². The van der Waals surface area contributed by atoms with Crippen LogP contribution in [0.25, 0.3) is 82.1 Å². The summed E-state index contributed by atoms with van der Waals surface area (Å²) in [5.74, 6) is 0.639. The Morgan fingerprint density at radius 1 is 0.605 bits per heavy atom. The van der Waals surface area contributed by atoms with E-state index in [1.165, 1.54) is 0 Å². The molecule has 0 unspecified atom stereocenters. The lowest BCUT2D eigenvalue weighted by molar-refractivity contribution is 0.672. The van der Waals surface area contributed by atoms with Crippen LogP contribution in [-0.2, 0) is 0 Å². The fraction of sp³-hybridized carbons (Fsp3) is 0. The molecule has 9 aromatic rings. The molecule has 5 nitrogen and oxygen atoms in total. The second kappa shape index (κ2) is 7.14. The first kappa shape index (κ1) is 19.8. The average molecular weight is 487 g/mol. The van der Waals surface area contributed by atoms with Crippen LogP contribution >= 0.6 is 0 Å². The van der Waals surface area contributed by atoms with Gasteiger partial charge in [0.2, 0.25) is 5.95 Å². The van der Waals surface area contributed by atoms with Gasteiger partial charge in [0, 0.05) is 50.9 Å². The van der Waals surface area contributed by atoms with E-state index >= 15 is 0 Å². The highest BCUT2D eigenvalue weighted by Gasteiger charge is 2.23. The van der Waals surface area contributed by atoms with E-state index in [4.69, 9.17) is 14.4 Å². The molecule has 0 spiro atoms. The first-order valence-corrected chi connectivity index (χ1v) is 12.6. The van der Waals surface area contributed by atoms with Gasteiger partial charge in [-0.25, -0.2) is 9.97 Å². The van der Waals surface area contributed by atoms with Crippen molar-refractivity contribution in [3.63, 3.8) is 0 Å². The molecule has 0 aliphatic heterocycles. The van der Waals surface area contributed by atoms with Crippen LogP contribution in [0.1, 0.15) is 0 Å². The van der Waals surface area contributed by atoms with Crippen LogP contribution in [0.4, 0.5) is 0 Å². The monoisotopic (exact) mass is 486 g/mol. The van der Waals surface area contributed by atoms with Gasteiger partial charge >= 0.3 is 0 Å². The van der Waals surface area contributed by atoms with Crippen molar-refractivity contribution < 1.29 is 4.42 Å². The Hall–Kier alpha value is -5.29. The first-order valence-electron chi connectivity index (χ1n) is 12.6. The van der Waals surface area contributed by atoms with E-state index in [9.17, 15) is 0 Å². The quantitative estimate of drug-likeness (QED) is 0.219. The van der Waals surface area contributed by atoms with Gasteiger partial charge in [0.25, 0.3) is 0 Å². The lowest BCUT2D eigenvalue weighted by atomic mass is 10.0. The zero-order valence-electron chi connectivity index (χ0n) is 20.1. The summed E-state index contributed by atoms with van der Waals surface area (Å²) in [7, 11) is 0. The SMILES string of the molecule is c1ccc2c(c1)ccc1cnc(-n3c4ccccc4c4c5ccncc5c5oc6ccccc6c5c43)nc12. The van der Waals surface area contributed by atoms with Crippen LogP contribution in [0.5, 0.6) is 0 Å². The Bertz CT molecular complexity index is 2420. The van der Waals surface area contributed by atoms with Gasteiger partial charge < -0.3 is 4.42 Å². The summed E-state index contributed by atoms with van der Waals surface area (Å²) in [4.78, 5) is 14.6. The maximum Gasteiger partial charge on any atom is 0.235 e. The molecule has 0 atom stereocenters. The van der Waals surface area contributed by atoms with E-state index in [0.29, 0.717) is 5.95 Å². The third-order valence-corrected chi connectivity index (χ3v) is 7.70. The molecule has 9 rings (SSSR count). The third kappa shape index (κ3) is 2.47. The number of nitrogens with zero attached hydrogens (tertiary/aromatic N) is 4. The number of hydrogen-bond acceptors (Lipinski definition) is 4. The molecule has 0 radical (unpaired) electrons. The predicted octanol–water partition coefficient (Wildman–Crippen LogP) is 8.33. The predicted molar refractivity (Wildman–Crippen MR) is 154 cm³/mol. The molecular formula is C33H18N4O. The molecule has 0 bridgehead atoms. The number of hydrogen-bond donors (Lipinski definition) is 0. The van der Waals surface area contributed by atoms with E-state index in [0.717, 1.165) is 76.2 Å². The number of rotatable bonds is 1. The molecule has 38 heavy (non-hydrogen) atoms. The van der Waals surface area contributed by atoms with Crippen molar-refractivity contribution in [1.82, 2.24) is 19.5 Å². The standard InChI is InChI=1S/C33H18N4O/c1-2-8-21-19(7-1)13-14-20-17-35-33(36-30(20)21)37-26-11-5-3-9-23(26)28-22-15-16-34-18-25(22)32-29(31(28)37)24-10-4-6-12-27(24)38-32/h1-18H. The topological polar surface area (TPSA) is 56.7 Å². The Morgan fingerprint density at radius 2 is 1.39 bits per heavy atom. The number of para-hydroxylation sites is 2. The number of fused-ring (bicyclic) bond motifs is 13. The molecule has 5 aromatic carbocycles. The molecule has 0 aliphatic rings. The Balaban J connectivity index is 1.56. The zero-order chi connectivity index (χ0) is 24.8. The van der Waals surface area contributed by atoms with Crippen LogP contribution in [0.2, 0.25) is 0 Å². The average Bonchev–Trinajstić information content (AvgIpc) is 3.53. The molecule has 5 heteroatoms. The Kier molecular flexibility index (Phi) is 3.73. The third-order valence-electron chi connectivity index (χ3n) is 7.70. The summed E-state index contributed by atoms with van der Waals surface area (Å²) in [5, 5.41) is 9.80. The molecule has 0 N–H and O–H groups in total. The van der Waals surface area contributed by atoms with Crippen molar-refractivity contribution >= 4 is 76.2 Å². The summed E-state index contributed by atoms with van der Waals surface area (Å²) in [6.07, 6.45) is 5.69. The van der Waals surface area contributed by atoms with Gasteiger partial charge in [-0.1, -0.05) is 72.8 Å². The molecule has 176 valence electrons. The number of benzene rings is 5. The van der Waals surface area contributed by atoms with Crippen LogP contribution < -0.4 is 0 Å². The smallest absolute Gasteiger partial charge is 0.235 e. The van der Waals surface area contributed by atoms with Crippen molar-refractivity contribution in [3.05, 3.63) is 110 Å². The van der Waals surface area contributed by atoms with Crippen LogP contribution in [0.3, 0.4) is 0 Å². The van der Waals surface area contributed by atoms with Gasteiger partial charge in [-0.05, 0) is 29.0 Å². The van der Waals surface area contributed by atoms with Gasteiger partial charge in [-0.15, -0.1) is 0 Å². The highest BCUT2D eigenvalue weighted by molar-refractivity contribution is 6.35. The van der Waals surface area contributed by atoms with Crippen molar-refractivity contribution in [2.75, 3.05) is 0 Å². The van der Waals surface area contributed by atoms with Gasteiger partial charge in [0.15, 0.2) is 0 Å². The van der Waals surface area contributed by atoms with Crippen molar-refractivity contribution in [2.24, 2.45) is 0 Å². The Morgan fingerprint density at radius 3 is 2.34 bits per heavy atom. The maximum atomic E-state index is 6.49. The zero-order valence-corrected chi connectivity index (χ0v) is 20.1. The fourth-order valence-electron chi connectivity index (χ4n) is 6.09. The number of aromatic nitrogens is 4. The molecule has 0 fully saturated rings. The first-order chi connectivity index (χ1) is 18.9. The highest BCUT2D eigenvalue weighted by atomic mass is 16.3. The lowest BCUT2D eigenvalue weighted by Gasteiger charge is -2.10. The maximum absolute atomic E-state index is 6.49. The summed E-state index contributed by atoms with van der Waals surface area (Å²) in [6, 6.07) is 31.4. The number of pyridine rings is 1. The van der Waals surface area contributed by atoms with Gasteiger partial charge in [-0.3, -0.25) is 9.55 Å². The summed E-state index contributed by atoms with van der Waals surface area (Å²) in [6.45, 7) is 0.